The molecule has 5 rings (SSSR count). The Morgan fingerprint density at radius 3 is 2.41 bits per heavy atom. The summed E-state index contributed by atoms with van der Waals surface area (Å²) in [6.07, 6.45) is 2.67. The first kappa shape index (κ1) is 39.4. The van der Waals surface area contributed by atoms with Crippen LogP contribution < -0.4 is 4.74 Å². The molecule has 2 aliphatic rings. The van der Waals surface area contributed by atoms with Gasteiger partial charge in [-0.3, -0.25) is 9.78 Å². The number of rotatable bonds is 22. The maximum Gasteiger partial charge on any atom is 0.254 e. The minimum atomic E-state index is -1.98. The summed E-state index contributed by atoms with van der Waals surface area (Å²) in [6.45, 7) is -0.000970. The third-order valence-electron chi connectivity index (χ3n) is 9.28. The maximum absolute atomic E-state index is 13.0. The number of amides is 1. The number of carbonyl (C=O) groups excluding carboxylic acids is 1. The molecule has 1 amide bonds. The predicted molar refractivity (Wildman–Crippen MR) is 194 cm³/mol. The van der Waals surface area contributed by atoms with Crippen molar-refractivity contribution in [3.63, 3.8) is 0 Å². The van der Waals surface area contributed by atoms with Gasteiger partial charge in [0.15, 0.2) is 6.10 Å². The van der Waals surface area contributed by atoms with Crippen LogP contribution in [0.4, 0.5) is 0 Å². The van der Waals surface area contributed by atoms with Gasteiger partial charge in [-0.1, -0.05) is 29.8 Å². The van der Waals surface area contributed by atoms with E-state index < -0.39 is 42.5 Å². The second-order valence-electron chi connectivity index (χ2n) is 13.3. The van der Waals surface area contributed by atoms with Crippen LogP contribution in [-0.2, 0) is 21.7 Å². The number of carbonyl (C=O) groups is 1. The minimum Gasteiger partial charge on any atom is -0.490 e. The summed E-state index contributed by atoms with van der Waals surface area (Å²) in [5, 5.41) is 59.1. The molecule has 0 bridgehead atoms. The highest BCUT2D eigenvalue weighted by Crippen LogP contribution is 2.53. The maximum atomic E-state index is 13.0. The third kappa shape index (κ3) is 10.6. The summed E-state index contributed by atoms with van der Waals surface area (Å²) >= 11 is 8.29. The highest BCUT2D eigenvalue weighted by molar-refractivity contribution is 7.99. The summed E-state index contributed by atoms with van der Waals surface area (Å²) < 4.78 is 12.9. The lowest BCUT2D eigenvalue weighted by Crippen LogP contribution is -2.53. The Morgan fingerprint density at radius 1 is 0.961 bits per heavy atom. The van der Waals surface area contributed by atoms with E-state index in [1.807, 2.05) is 48.7 Å². The second kappa shape index (κ2) is 18.8. The molecule has 13 heteroatoms. The first-order valence-corrected chi connectivity index (χ1v) is 19.0. The normalized spacial score (nSPS) is 17.4. The molecule has 1 heterocycles. The Bertz CT molecular complexity index is 1570. The smallest absolute Gasteiger partial charge is 0.254 e. The number of benzene rings is 2. The Balaban J connectivity index is 1.15. The van der Waals surface area contributed by atoms with Gasteiger partial charge in [0, 0.05) is 53.1 Å². The highest BCUT2D eigenvalue weighted by Gasteiger charge is 2.48. The van der Waals surface area contributed by atoms with Crippen molar-refractivity contribution in [2.24, 2.45) is 0 Å². The summed E-state index contributed by atoms with van der Waals surface area (Å²) in [7, 11) is 0. The second-order valence-corrected chi connectivity index (χ2v) is 14.8. The van der Waals surface area contributed by atoms with E-state index >= 15 is 0 Å². The van der Waals surface area contributed by atoms with Gasteiger partial charge >= 0.3 is 0 Å². The lowest BCUT2D eigenvalue weighted by molar-refractivity contribution is -0.158. The molecule has 0 radical (unpaired) electrons. The Morgan fingerprint density at radius 2 is 1.71 bits per heavy atom. The molecule has 1 aromatic heterocycles. The number of hydrogen-bond donors (Lipinski definition) is 6. The highest BCUT2D eigenvalue weighted by atomic mass is 35.5. The molecule has 0 aliphatic heterocycles. The van der Waals surface area contributed by atoms with E-state index in [-0.39, 0.29) is 19.3 Å². The number of hydrogen-bond acceptors (Lipinski definition) is 11. The summed E-state index contributed by atoms with van der Waals surface area (Å²) in [6, 6.07) is 16.0. The van der Waals surface area contributed by atoms with Crippen LogP contribution in [0.1, 0.15) is 62.5 Å². The van der Waals surface area contributed by atoms with Crippen molar-refractivity contribution in [1.82, 2.24) is 9.88 Å². The number of para-hydroxylation sites is 1. The van der Waals surface area contributed by atoms with Crippen molar-refractivity contribution >= 4 is 29.3 Å². The molecule has 51 heavy (non-hydrogen) atoms. The van der Waals surface area contributed by atoms with Crippen LogP contribution >= 0.6 is 23.4 Å². The molecule has 2 fully saturated rings. The number of aliphatic hydroxyl groups excluding tert-OH is 6. The van der Waals surface area contributed by atoms with Crippen molar-refractivity contribution in [1.29, 1.82) is 0 Å². The van der Waals surface area contributed by atoms with Crippen LogP contribution in [0.15, 0.2) is 65.8 Å². The lowest BCUT2D eigenvalue weighted by Gasteiger charge is -2.30. The molecule has 2 saturated carbocycles. The molecule has 2 aromatic carbocycles. The molecular formula is C38H49ClN2O9S. The van der Waals surface area contributed by atoms with Gasteiger partial charge in [0.25, 0.3) is 5.91 Å². The zero-order chi connectivity index (χ0) is 36.4. The van der Waals surface area contributed by atoms with Gasteiger partial charge in [0.2, 0.25) is 0 Å². The standard InChI is InChI=1S/C38H49ClN2O9S/c39-31-12-11-27(51-20-6-4-18-41(17-3-5-19-42)37(48)36(47)35(46)34(45)32(44)23-43)21-25(31)24-49-38(14-15-38)30-22-40-16-13-28(30)29-7-1-2-8-33(29)50-26-9-10-26/h1-2,7-8,11-13,16,21-22,26,32,34-36,42-47H,3-6,9-10,14-15,17-20,23-24H2/t32-,34+,35-,36-/m0/s1. The molecule has 11 nitrogen and oxygen atoms in total. The molecule has 6 N–H and O–H groups in total. The van der Waals surface area contributed by atoms with Gasteiger partial charge in [-0.25, -0.2) is 0 Å². The van der Waals surface area contributed by atoms with E-state index in [4.69, 9.17) is 26.2 Å². The number of pyridine rings is 1. The summed E-state index contributed by atoms with van der Waals surface area (Å²) in [4.78, 5) is 19.9. The van der Waals surface area contributed by atoms with Crippen molar-refractivity contribution in [3.8, 4) is 16.9 Å². The van der Waals surface area contributed by atoms with Crippen LogP contribution in [0.2, 0.25) is 5.02 Å². The topological polar surface area (TPSA) is 173 Å². The van der Waals surface area contributed by atoms with Crippen LogP contribution in [0.25, 0.3) is 11.1 Å². The molecule has 3 aromatic rings. The van der Waals surface area contributed by atoms with Gasteiger partial charge < -0.3 is 45.0 Å². The van der Waals surface area contributed by atoms with E-state index in [9.17, 15) is 30.3 Å². The van der Waals surface area contributed by atoms with Crippen molar-refractivity contribution < 1.29 is 44.9 Å². The van der Waals surface area contributed by atoms with Crippen LogP contribution in [0, 0.1) is 0 Å². The molecule has 278 valence electrons. The SMILES string of the molecule is O=C([C@@H](O)[C@@H](O)[C@H](O)[C@@H](O)CO)N(CCCCO)CCCCSc1ccc(Cl)c(COC2(c3cnccc3-c3ccccc3OC3CC3)CC2)c1. The van der Waals surface area contributed by atoms with E-state index in [0.717, 1.165) is 70.8 Å². The van der Waals surface area contributed by atoms with E-state index in [0.29, 0.717) is 37.4 Å². The fourth-order valence-electron chi connectivity index (χ4n) is 5.92. The van der Waals surface area contributed by atoms with Crippen LogP contribution in [0.3, 0.4) is 0 Å². The number of nitrogens with zero attached hydrogens (tertiary/aromatic N) is 2. The number of aromatic nitrogens is 1. The van der Waals surface area contributed by atoms with E-state index in [1.54, 1.807) is 18.0 Å². The van der Waals surface area contributed by atoms with Gasteiger partial charge in [-0.05, 0) is 98.6 Å². The quantitative estimate of drug-likeness (QED) is 0.0648. The predicted octanol–water partition coefficient (Wildman–Crippen LogP) is 4.06. The first-order chi connectivity index (χ1) is 24.7. The Kier molecular flexibility index (Phi) is 14.5. The third-order valence-corrected chi connectivity index (χ3v) is 10.7. The zero-order valence-electron chi connectivity index (χ0n) is 28.6. The van der Waals surface area contributed by atoms with Crippen LogP contribution in [-0.4, -0.2) is 109 Å². The average Bonchev–Trinajstić information content (AvgIpc) is 4.10. The fourth-order valence-corrected chi connectivity index (χ4v) is 7.07. The fraction of sp³-hybridized carbons (Fsp3) is 0.526. The molecule has 0 unspecified atom stereocenters. The molecule has 4 atom stereocenters. The largest absolute Gasteiger partial charge is 0.490 e. The van der Waals surface area contributed by atoms with Gasteiger partial charge in [-0.2, -0.15) is 0 Å². The molecule has 0 spiro atoms. The van der Waals surface area contributed by atoms with Crippen molar-refractivity contribution in [3.05, 3.63) is 77.1 Å². The number of halogens is 1. The minimum absolute atomic E-state index is 0.0465. The molecule has 2 aliphatic carbocycles. The molecular weight excluding hydrogens is 696 g/mol. The monoisotopic (exact) mass is 744 g/mol. The van der Waals surface area contributed by atoms with Crippen molar-refractivity contribution in [2.45, 2.75) is 99.0 Å². The zero-order valence-corrected chi connectivity index (χ0v) is 30.2. The number of aliphatic hydroxyl groups is 6. The average molecular weight is 745 g/mol. The number of ether oxygens (including phenoxy) is 2. The lowest BCUT2D eigenvalue weighted by atomic mass is 9.96. The number of thioether (sulfide) groups is 1. The van der Waals surface area contributed by atoms with Crippen molar-refractivity contribution in [2.75, 3.05) is 32.1 Å². The Hall–Kier alpha value is -2.78. The van der Waals surface area contributed by atoms with E-state index in [2.05, 4.69) is 11.1 Å². The van der Waals surface area contributed by atoms with Gasteiger partial charge in [0.05, 0.1) is 24.9 Å². The molecule has 0 saturated heterocycles. The summed E-state index contributed by atoms with van der Waals surface area (Å²) in [5.74, 6) is 0.837. The van der Waals surface area contributed by atoms with Crippen LogP contribution in [0.5, 0.6) is 5.75 Å². The van der Waals surface area contributed by atoms with Gasteiger partial charge in [-0.15, -0.1) is 11.8 Å². The Labute approximate surface area is 308 Å². The number of unbranched alkanes of at least 4 members (excludes halogenated alkanes) is 2. The van der Waals surface area contributed by atoms with Gasteiger partial charge in [0.1, 0.15) is 24.1 Å². The van der Waals surface area contributed by atoms with E-state index in [1.165, 1.54) is 4.90 Å². The first-order valence-electron chi connectivity index (χ1n) is 17.7. The summed E-state index contributed by atoms with van der Waals surface area (Å²) in [5.41, 5.74) is 3.58.